The molecule has 0 amide bonds. The average Bonchev–Trinajstić information content (AvgIpc) is 3.26. The number of hydrogen-bond donors (Lipinski definition) is 2. The Morgan fingerprint density at radius 1 is 1.13 bits per heavy atom. The van der Waals surface area contributed by atoms with Crippen LogP contribution in [0.5, 0.6) is 0 Å². The van der Waals surface area contributed by atoms with Crippen LogP contribution in [0.3, 0.4) is 0 Å². The van der Waals surface area contributed by atoms with Gasteiger partial charge in [-0.2, -0.15) is 0 Å². The SMILES string of the molecule is CO[C@H]1O[C@H]2CC[C@]13[C@@H](CC[C@H]1[C@H]3CC[C@]3(C)[C@@H](C4=CC(=O)OC4)C[C@@H](O)[C@]13O)C2. The van der Waals surface area contributed by atoms with Gasteiger partial charge in [0.15, 0.2) is 6.29 Å². The highest BCUT2D eigenvalue weighted by Crippen LogP contribution is 2.72. The second-order valence-corrected chi connectivity index (χ2v) is 11.1. The van der Waals surface area contributed by atoms with E-state index in [-0.39, 0.29) is 29.5 Å². The summed E-state index contributed by atoms with van der Waals surface area (Å²) in [6.07, 6.45) is 8.57. The molecule has 6 heteroatoms. The Kier molecular flexibility index (Phi) is 4.14. The van der Waals surface area contributed by atoms with Crippen molar-refractivity contribution >= 4 is 5.97 Å². The van der Waals surface area contributed by atoms with Crippen molar-refractivity contribution < 1.29 is 29.2 Å². The lowest BCUT2D eigenvalue weighted by Crippen LogP contribution is -2.70. The van der Waals surface area contributed by atoms with Gasteiger partial charge in [0.25, 0.3) is 0 Å². The number of rotatable bonds is 2. The van der Waals surface area contributed by atoms with E-state index < -0.39 is 17.1 Å². The molecule has 1 spiro atoms. The standard InChI is InChI=1S/C24H34O6/c1-22-7-6-16-17(4-3-14-10-15-5-8-23(14,16)21(28-2)30-15)24(22,27)19(25)11-18(22)13-9-20(26)29-12-13/h9,14-19,21,25,27H,3-8,10-12H2,1-2H3/t14-,15-,16+,17-,18+,19+,21-,22+,23+,24+/m0/s1. The summed E-state index contributed by atoms with van der Waals surface area (Å²) in [5, 5.41) is 23.6. The molecule has 10 atom stereocenters. The lowest BCUT2D eigenvalue weighted by atomic mass is 9.41. The fourth-order valence-electron chi connectivity index (χ4n) is 9.26. The van der Waals surface area contributed by atoms with Crippen LogP contribution in [0.4, 0.5) is 0 Å². The first-order valence-electron chi connectivity index (χ1n) is 11.8. The summed E-state index contributed by atoms with van der Waals surface area (Å²) >= 11 is 0. The molecule has 4 aliphatic carbocycles. The van der Waals surface area contributed by atoms with Crippen LogP contribution in [0.25, 0.3) is 0 Å². The van der Waals surface area contributed by atoms with Gasteiger partial charge in [0, 0.05) is 24.0 Å². The van der Waals surface area contributed by atoms with Crippen LogP contribution in [0.2, 0.25) is 0 Å². The molecule has 30 heavy (non-hydrogen) atoms. The molecular formula is C24H34O6. The Hall–Kier alpha value is -0.950. The average molecular weight is 419 g/mol. The second-order valence-electron chi connectivity index (χ2n) is 11.1. The van der Waals surface area contributed by atoms with Gasteiger partial charge in [-0.3, -0.25) is 0 Å². The number of hydrogen-bond acceptors (Lipinski definition) is 6. The Labute approximate surface area is 177 Å². The van der Waals surface area contributed by atoms with Crippen molar-refractivity contribution in [2.75, 3.05) is 13.7 Å². The van der Waals surface area contributed by atoms with E-state index in [2.05, 4.69) is 6.92 Å². The van der Waals surface area contributed by atoms with Crippen molar-refractivity contribution in [1.82, 2.24) is 0 Å². The summed E-state index contributed by atoms with van der Waals surface area (Å²) < 4.78 is 17.4. The number of esters is 1. The van der Waals surface area contributed by atoms with Crippen LogP contribution in [-0.4, -0.2) is 54.0 Å². The maximum absolute atomic E-state index is 12.3. The topological polar surface area (TPSA) is 85.2 Å². The smallest absolute Gasteiger partial charge is 0.331 e. The van der Waals surface area contributed by atoms with Gasteiger partial charge in [0.05, 0.1) is 17.8 Å². The first kappa shape index (κ1) is 19.7. The van der Waals surface area contributed by atoms with Gasteiger partial charge in [0.1, 0.15) is 6.61 Å². The summed E-state index contributed by atoms with van der Waals surface area (Å²) in [5.74, 6) is 0.593. The molecule has 0 unspecified atom stereocenters. The number of fused-ring (bicyclic) bond motifs is 5. The number of aliphatic hydroxyl groups excluding tert-OH is 1. The van der Waals surface area contributed by atoms with Gasteiger partial charge < -0.3 is 24.4 Å². The zero-order valence-corrected chi connectivity index (χ0v) is 18.0. The molecule has 0 aromatic rings. The van der Waals surface area contributed by atoms with Crippen LogP contribution in [-0.2, 0) is 19.0 Å². The molecule has 2 N–H and O–H groups in total. The molecule has 166 valence electrons. The van der Waals surface area contributed by atoms with Gasteiger partial charge in [-0.15, -0.1) is 0 Å². The molecule has 2 bridgehead atoms. The third-order valence-electron chi connectivity index (χ3n) is 10.5. The molecule has 6 nitrogen and oxygen atoms in total. The molecule has 0 aromatic heterocycles. The predicted molar refractivity (Wildman–Crippen MR) is 107 cm³/mol. The second kappa shape index (κ2) is 6.31. The monoisotopic (exact) mass is 418 g/mol. The molecule has 2 saturated heterocycles. The Morgan fingerprint density at radius 2 is 1.97 bits per heavy atom. The van der Waals surface area contributed by atoms with Crippen molar-refractivity contribution in [3.8, 4) is 0 Å². The normalized spacial score (nSPS) is 56.7. The molecular weight excluding hydrogens is 384 g/mol. The number of carbonyl (C=O) groups excluding carboxylic acids is 1. The van der Waals surface area contributed by atoms with Gasteiger partial charge in [-0.25, -0.2) is 4.79 Å². The van der Waals surface area contributed by atoms with Gasteiger partial charge in [-0.05, 0) is 80.6 Å². The molecule has 0 radical (unpaired) electrons. The molecule has 3 heterocycles. The third-order valence-corrected chi connectivity index (χ3v) is 10.5. The van der Waals surface area contributed by atoms with Gasteiger partial charge >= 0.3 is 5.97 Å². The number of carbonyl (C=O) groups is 1. The zero-order chi connectivity index (χ0) is 20.9. The van der Waals surface area contributed by atoms with Gasteiger partial charge in [-0.1, -0.05) is 6.92 Å². The summed E-state index contributed by atoms with van der Waals surface area (Å²) in [6.45, 7) is 2.43. The van der Waals surface area contributed by atoms with Crippen LogP contribution in [0.1, 0.15) is 58.3 Å². The van der Waals surface area contributed by atoms with E-state index >= 15 is 0 Å². The minimum absolute atomic E-state index is 0.0170. The highest BCUT2D eigenvalue weighted by molar-refractivity contribution is 5.85. The van der Waals surface area contributed by atoms with Crippen LogP contribution < -0.4 is 0 Å². The fraction of sp³-hybridized carbons (Fsp3) is 0.875. The summed E-state index contributed by atoms with van der Waals surface area (Å²) in [7, 11) is 1.76. The van der Waals surface area contributed by atoms with E-state index in [4.69, 9.17) is 14.2 Å². The van der Waals surface area contributed by atoms with Crippen LogP contribution in [0, 0.1) is 34.5 Å². The van der Waals surface area contributed by atoms with Crippen molar-refractivity contribution in [2.45, 2.75) is 82.4 Å². The van der Waals surface area contributed by atoms with Gasteiger partial charge in [0.2, 0.25) is 0 Å². The van der Waals surface area contributed by atoms with E-state index in [1.807, 2.05) is 0 Å². The first-order chi connectivity index (χ1) is 14.3. The number of aliphatic hydroxyl groups is 2. The summed E-state index contributed by atoms with van der Waals surface area (Å²) in [4.78, 5) is 11.7. The highest BCUT2D eigenvalue weighted by atomic mass is 16.7. The van der Waals surface area contributed by atoms with E-state index in [9.17, 15) is 15.0 Å². The molecule has 3 aliphatic heterocycles. The number of ether oxygens (including phenoxy) is 3. The molecule has 4 saturated carbocycles. The predicted octanol–water partition coefficient (Wildman–Crippen LogP) is 2.57. The third kappa shape index (κ3) is 2.17. The largest absolute Gasteiger partial charge is 0.458 e. The first-order valence-corrected chi connectivity index (χ1v) is 11.8. The maximum atomic E-state index is 12.3. The van der Waals surface area contributed by atoms with E-state index in [0.717, 1.165) is 50.5 Å². The lowest BCUT2D eigenvalue weighted by Gasteiger charge is -2.68. The highest BCUT2D eigenvalue weighted by Gasteiger charge is 2.73. The van der Waals surface area contributed by atoms with Crippen molar-refractivity contribution in [1.29, 1.82) is 0 Å². The molecule has 7 aliphatic rings. The van der Waals surface area contributed by atoms with E-state index in [0.29, 0.717) is 31.0 Å². The molecule has 6 fully saturated rings. The number of cyclic esters (lactones) is 1. The lowest BCUT2D eigenvalue weighted by molar-refractivity contribution is -0.346. The minimum atomic E-state index is -1.15. The number of methoxy groups -OCH3 is 1. The Morgan fingerprint density at radius 3 is 2.70 bits per heavy atom. The summed E-state index contributed by atoms with van der Waals surface area (Å²) in [6, 6.07) is 0. The molecule has 0 aromatic carbocycles. The van der Waals surface area contributed by atoms with Crippen molar-refractivity contribution in [2.24, 2.45) is 34.5 Å². The maximum Gasteiger partial charge on any atom is 0.331 e. The Bertz CT molecular complexity index is 785. The zero-order valence-electron chi connectivity index (χ0n) is 18.0. The van der Waals surface area contributed by atoms with Crippen molar-refractivity contribution in [3.63, 3.8) is 0 Å². The van der Waals surface area contributed by atoms with E-state index in [1.54, 1.807) is 13.2 Å². The van der Waals surface area contributed by atoms with E-state index in [1.165, 1.54) is 0 Å². The van der Waals surface area contributed by atoms with Crippen molar-refractivity contribution in [3.05, 3.63) is 11.6 Å². The molecule has 7 rings (SSSR count). The Balaban J connectivity index is 1.40. The fourth-order valence-corrected chi connectivity index (χ4v) is 9.26. The van der Waals surface area contributed by atoms with Crippen LogP contribution in [0.15, 0.2) is 11.6 Å². The minimum Gasteiger partial charge on any atom is -0.458 e. The van der Waals surface area contributed by atoms with Crippen LogP contribution >= 0.6 is 0 Å². The quantitative estimate of drug-likeness (QED) is 0.671. The summed E-state index contributed by atoms with van der Waals surface area (Å²) in [5.41, 5.74) is -0.711.